The number of hydrogen-bond donors (Lipinski definition) is 1. The van der Waals surface area contributed by atoms with Crippen molar-refractivity contribution in [3.8, 4) is 11.5 Å². The fourth-order valence-electron chi connectivity index (χ4n) is 3.86. The van der Waals surface area contributed by atoms with Crippen LogP contribution in [0.5, 0.6) is 0 Å². The highest BCUT2D eigenvalue weighted by atomic mass is 28.3. The topological polar surface area (TPSA) is 15.3 Å². The molecule has 0 bridgehead atoms. The van der Waals surface area contributed by atoms with Gasteiger partial charge in [-0.15, -0.1) is 5.54 Å². The zero-order valence-electron chi connectivity index (χ0n) is 20.6. The summed E-state index contributed by atoms with van der Waals surface area (Å²) in [4.78, 5) is 0. The molecule has 0 fully saturated rings. The van der Waals surface area contributed by atoms with Crippen molar-refractivity contribution in [2.45, 2.75) is 51.9 Å². The minimum atomic E-state index is -1.38. The Morgan fingerprint density at radius 3 is 2.03 bits per heavy atom. The maximum absolute atomic E-state index is 3.66. The smallest absolute Gasteiger partial charge is 0.129 e. The van der Waals surface area contributed by atoms with E-state index in [-0.39, 0.29) is 11.5 Å². The van der Waals surface area contributed by atoms with Crippen LogP contribution in [0.1, 0.15) is 49.1 Å². The van der Waals surface area contributed by atoms with E-state index in [1.54, 1.807) is 0 Å². The summed E-state index contributed by atoms with van der Waals surface area (Å²) < 4.78 is 0. The minimum Gasteiger partial charge on any atom is -0.297 e. The van der Waals surface area contributed by atoms with Crippen molar-refractivity contribution in [2.75, 3.05) is 5.01 Å². The maximum atomic E-state index is 3.66. The first-order valence-electron chi connectivity index (χ1n) is 11.7. The third kappa shape index (κ3) is 5.59. The summed E-state index contributed by atoms with van der Waals surface area (Å²) in [5.74, 6) is 3.35. The van der Waals surface area contributed by atoms with Crippen LogP contribution in [-0.2, 0) is 5.41 Å². The van der Waals surface area contributed by atoms with E-state index in [2.05, 4.69) is 147 Å². The third-order valence-electron chi connectivity index (χ3n) is 5.77. The molecule has 1 N–H and O–H groups in total. The van der Waals surface area contributed by atoms with Gasteiger partial charge < -0.3 is 0 Å². The minimum absolute atomic E-state index is 0.114. The van der Waals surface area contributed by atoms with Crippen molar-refractivity contribution in [1.82, 2.24) is 5.43 Å². The van der Waals surface area contributed by atoms with E-state index in [0.717, 1.165) is 16.9 Å². The van der Waals surface area contributed by atoms with Crippen molar-refractivity contribution in [3.63, 3.8) is 0 Å². The van der Waals surface area contributed by atoms with E-state index in [4.69, 9.17) is 0 Å². The first-order chi connectivity index (χ1) is 15.6. The highest BCUT2D eigenvalue weighted by Gasteiger charge is 2.27. The van der Waals surface area contributed by atoms with E-state index < -0.39 is 8.07 Å². The van der Waals surface area contributed by atoms with Crippen LogP contribution in [0.2, 0.25) is 19.6 Å². The number of anilines is 1. The van der Waals surface area contributed by atoms with Crippen molar-refractivity contribution in [2.24, 2.45) is 0 Å². The van der Waals surface area contributed by atoms with Crippen LogP contribution >= 0.6 is 0 Å². The fourth-order valence-corrected chi connectivity index (χ4v) is 4.38. The van der Waals surface area contributed by atoms with Gasteiger partial charge in [-0.1, -0.05) is 101 Å². The average Bonchev–Trinajstić information content (AvgIpc) is 3.23. The van der Waals surface area contributed by atoms with Gasteiger partial charge in [-0.05, 0) is 52.4 Å². The molecule has 0 radical (unpaired) electrons. The summed E-state index contributed by atoms with van der Waals surface area (Å²) in [6.07, 6.45) is 2.32. The molecule has 0 saturated carbocycles. The second-order valence-electron chi connectivity index (χ2n) is 10.8. The zero-order chi connectivity index (χ0) is 23.6. The molecule has 0 aromatic heterocycles. The molecule has 0 saturated heterocycles. The van der Waals surface area contributed by atoms with Crippen molar-refractivity contribution in [3.05, 3.63) is 107 Å². The molecule has 4 rings (SSSR count). The maximum Gasteiger partial charge on any atom is 0.129 e. The molecule has 0 amide bonds. The van der Waals surface area contributed by atoms with Crippen LogP contribution in [0, 0.1) is 11.5 Å². The van der Waals surface area contributed by atoms with Crippen LogP contribution in [0.25, 0.3) is 5.70 Å². The molecule has 3 aromatic carbocycles. The molecular formula is C30H34N2Si. The molecule has 1 atom stereocenters. The lowest BCUT2D eigenvalue weighted by Crippen LogP contribution is -2.33. The molecule has 33 heavy (non-hydrogen) atoms. The van der Waals surface area contributed by atoms with Crippen LogP contribution in [0.15, 0.2) is 84.9 Å². The molecule has 2 nitrogen and oxygen atoms in total. The van der Waals surface area contributed by atoms with Gasteiger partial charge in [0, 0.05) is 5.56 Å². The standard InChI is InChI=1S/C30H34N2Si/c1-30(2,3)26-18-16-25(17-19-26)29-22-28(31-32(29)27-10-8-7-9-11-27)24-14-12-23(13-15-24)20-21-33(4,5)6/h7-19,22,29,31H,1-6H3. The predicted molar refractivity (Wildman–Crippen MR) is 145 cm³/mol. The Bertz CT molecular complexity index is 1180. The number of para-hydroxylation sites is 1. The summed E-state index contributed by atoms with van der Waals surface area (Å²) in [5, 5.41) is 2.25. The zero-order valence-corrected chi connectivity index (χ0v) is 21.6. The van der Waals surface area contributed by atoms with Gasteiger partial charge >= 0.3 is 0 Å². The molecule has 168 valence electrons. The van der Waals surface area contributed by atoms with E-state index in [1.807, 2.05) is 0 Å². The van der Waals surface area contributed by atoms with Gasteiger partial charge in [0.1, 0.15) is 8.07 Å². The number of rotatable bonds is 3. The molecule has 1 aliphatic rings. The number of hydrazine groups is 1. The normalized spacial score (nSPS) is 16.0. The summed E-state index contributed by atoms with van der Waals surface area (Å²) in [7, 11) is -1.38. The van der Waals surface area contributed by atoms with Crippen LogP contribution in [-0.4, -0.2) is 8.07 Å². The highest BCUT2D eigenvalue weighted by Crippen LogP contribution is 2.35. The lowest BCUT2D eigenvalue weighted by Gasteiger charge is -2.28. The highest BCUT2D eigenvalue weighted by molar-refractivity contribution is 6.83. The molecule has 0 aliphatic carbocycles. The third-order valence-corrected chi connectivity index (χ3v) is 6.65. The summed E-state index contributed by atoms with van der Waals surface area (Å²) >= 11 is 0. The Balaban J connectivity index is 1.66. The molecule has 1 heterocycles. The summed E-state index contributed by atoms with van der Waals surface area (Å²) in [6.45, 7) is 13.6. The Kier molecular flexibility index (Phi) is 6.23. The lowest BCUT2D eigenvalue weighted by atomic mass is 9.86. The van der Waals surface area contributed by atoms with Gasteiger partial charge in [0.25, 0.3) is 0 Å². The van der Waals surface area contributed by atoms with Gasteiger partial charge in [-0.2, -0.15) is 0 Å². The van der Waals surface area contributed by atoms with Crippen molar-refractivity contribution in [1.29, 1.82) is 0 Å². The largest absolute Gasteiger partial charge is 0.297 e. The van der Waals surface area contributed by atoms with E-state index >= 15 is 0 Å². The predicted octanol–water partition coefficient (Wildman–Crippen LogP) is 7.32. The molecule has 0 spiro atoms. The Morgan fingerprint density at radius 2 is 1.45 bits per heavy atom. The fraction of sp³-hybridized carbons (Fsp3) is 0.267. The first kappa shape index (κ1) is 23.0. The molecule has 3 aromatic rings. The number of nitrogens with zero attached hydrogens (tertiary/aromatic N) is 1. The number of hydrogen-bond acceptors (Lipinski definition) is 2. The van der Waals surface area contributed by atoms with Gasteiger partial charge in [0.2, 0.25) is 0 Å². The van der Waals surface area contributed by atoms with Crippen LogP contribution in [0.4, 0.5) is 5.69 Å². The number of nitrogens with one attached hydrogen (secondary N) is 1. The quantitative estimate of drug-likeness (QED) is 0.332. The van der Waals surface area contributed by atoms with Crippen LogP contribution in [0.3, 0.4) is 0 Å². The van der Waals surface area contributed by atoms with E-state index in [1.165, 1.54) is 16.7 Å². The van der Waals surface area contributed by atoms with E-state index in [0.29, 0.717) is 0 Å². The Labute approximate surface area is 200 Å². The van der Waals surface area contributed by atoms with Crippen molar-refractivity contribution < 1.29 is 0 Å². The summed E-state index contributed by atoms with van der Waals surface area (Å²) in [5.41, 5.74) is 14.4. The SMILES string of the molecule is CC(C)(C)c1ccc(C2C=C(c3ccc(C#C[Si](C)(C)C)cc3)NN2c2ccccc2)cc1. The van der Waals surface area contributed by atoms with Crippen molar-refractivity contribution >= 4 is 19.5 Å². The monoisotopic (exact) mass is 450 g/mol. The average molecular weight is 451 g/mol. The van der Waals surface area contributed by atoms with Gasteiger partial charge in [-0.25, -0.2) is 0 Å². The van der Waals surface area contributed by atoms with Gasteiger partial charge in [0.05, 0.1) is 17.4 Å². The molecular weight excluding hydrogens is 416 g/mol. The Morgan fingerprint density at radius 1 is 0.818 bits per heavy atom. The van der Waals surface area contributed by atoms with Gasteiger partial charge in [-0.3, -0.25) is 10.4 Å². The molecule has 1 unspecified atom stereocenters. The second kappa shape index (κ2) is 8.96. The van der Waals surface area contributed by atoms with E-state index in [9.17, 15) is 0 Å². The Hall–Kier alpha value is -3.22. The first-order valence-corrected chi connectivity index (χ1v) is 15.2. The summed E-state index contributed by atoms with van der Waals surface area (Å²) in [6, 6.07) is 28.3. The lowest BCUT2D eigenvalue weighted by molar-refractivity contribution is 0.589. The molecule has 1 aliphatic heterocycles. The number of benzene rings is 3. The second-order valence-corrected chi connectivity index (χ2v) is 15.5. The molecule has 3 heteroatoms. The van der Waals surface area contributed by atoms with Crippen LogP contribution < -0.4 is 10.4 Å². The van der Waals surface area contributed by atoms with Gasteiger partial charge in [0.15, 0.2) is 0 Å².